The Kier molecular flexibility index (Phi) is 19.5. The summed E-state index contributed by atoms with van der Waals surface area (Å²) in [4.78, 5) is 63.6. The van der Waals surface area contributed by atoms with E-state index in [9.17, 15) is 38.2 Å². The van der Waals surface area contributed by atoms with Gasteiger partial charge in [-0.1, -0.05) is 48.5 Å². The third kappa shape index (κ3) is 13.4. The van der Waals surface area contributed by atoms with Gasteiger partial charge in [0.15, 0.2) is 0 Å². The lowest BCUT2D eigenvalue weighted by Gasteiger charge is -2.36. The molecule has 4 heterocycles. The molecule has 6 atom stereocenters. The van der Waals surface area contributed by atoms with E-state index in [-0.39, 0.29) is 65.5 Å². The minimum absolute atomic E-state index is 0.00197. The molecule has 2 aliphatic heterocycles. The molecule has 0 spiro atoms. The maximum Gasteiger partial charge on any atom is 0.320 e. The van der Waals surface area contributed by atoms with Crippen molar-refractivity contribution < 1.29 is 43.3 Å². The molecule has 19 heteroatoms. The maximum absolute atomic E-state index is 14.4. The van der Waals surface area contributed by atoms with E-state index in [0.29, 0.717) is 49.5 Å². The monoisotopic (exact) mass is 1090 g/mol. The highest BCUT2D eigenvalue weighted by Crippen LogP contribution is 2.41. The fraction of sp³-hybridized carbons (Fsp3) is 0.483. The number of carbonyl (C=O) groups excluding carboxylic acids is 3. The van der Waals surface area contributed by atoms with Gasteiger partial charge in [-0.25, -0.2) is 18.7 Å². The van der Waals surface area contributed by atoms with Crippen molar-refractivity contribution in [3.8, 4) is 22.5 Å². The number of carboxylic acids is 1. The van der Waals surface area contributed by atoms with Gasteiger partial charge in [0.05, 0.1) is 47.8 Å². The van der Waals surface area contributed by atoms with Crippen LogP contribution in [0.5, 0.6) is 0 Å². The van der Waals surface area contributed by atoms with Crippen molar-refractivity contribution in [2.24, 2.45) is 17.6 Å². The molecule has 8 N–H and O–H groups in total. The fourth-order valence-corrected chi connectivity index (χ4v) is 13.0. The molecule has 0 unspecified atom stereocenters. The molecule has 2 aliphatic carbocycles. The normalized spacial score (nSPS) is 23.0. The van der Waals surface area contributed by atoms with Gasteiger partial charge in [-0.05, 0) is 152 Å². The van der Waals surface area contributed by atoms with E-state index in [1.54, 1.807) is 63.5 Å². The van der Waals surface area contributed by atoms with Gasteiger partial charge in [-0.15, -0.1) is 22.7 Å². The Balaban J connectivity index is 0.000000183. The molecule has 4 fully saturated rings. The standard InChI is InChI=1S/C29H35FN4O3S.C25H28FN3O2S.C4H9NO2/c1-17(31-2)27(36)33-26(18-9-11-19(35)12-10-18)29(37)34-15-5-8-25(34)28-32-24(16-38-28)22-13-14-23(30)21-7-4-3-6-20(21)22;26-20-12-11-19(17-4-1-2-5-18(17)20)21-14-32-24(28-21)22-6-3-13-29(22)25(31)23(27)15-7-9-16(30)10-8-15;1-3(5-2)4(6)7/h3-4,6-7,13-14,16-19,25-26,31,35H,5,8-12,15H2,1-2H3,(H,33,36);1-2,4-5,11-12,14-16,22-23,30H,3,6-10,13,27H2;3,5H,1-2H3,(H,6,7)/t17-,18?,19?,25-,26-;15?,16?,22-,23-;3-/m000/s1. The van der Waals surface area contributed by atoms with Crippen LogP contribution >= 0.6 is 22.7 Å². The topological polar surface area (TPSA) is 223 Å². The van der Waals surface area contributed by atoms with Gasteiger partial charge in [0.2, 0.25) is 17.7 Å². The Labute approximate surface area is 456 Å². The van der Waals surface area contributed by atoms with Crippen LogP contribution < -0.4 is 21.7 Å². The predicted octanol–water partition coefficient (Wildman–Crippen LogP) is 8.73. The number of hydrogen-bond acceptors (Lipinski definition) is 13. The van der Waals surface area contributed by atoms with Crippen LogP contribution in [0.3, 0.4) is 0 Å². The molecule has 412 valence electrons. The second kappa shape index (κ2) is 26.2. The van der Waals surface area contributed by atoms with Crippen molar-refractivity contribution in [1.29, 1.82) is 0 Å². The van der Waals surface area contributed by atoms with Crippen molar-refractivity contribution in [2.45, 2.75) is 139 Å². The number of likely N-dealkylation sites (N-methyl/N-ethyl adjacent to an activating group) is 2. The van der Waals surface area contributed by atoms with Gasteiger partial charge in [0, 0.05) is 45.7 Å². The van der Waals surface area contributed by atoms with Gasteiger partial charge >= 0.3 is 5.97 Å². The summed E-state index contributed by atoms with van der Waals surface area (Å²) in [5.74, 6) is -1.48. The lowest BCUT2D eigenvalue weighted by atomic mass is 9.81. The molecule has 0 bridgehead atoms. The van der Waals surface area contributed by atoms with Crippen LogP contribution in [0, 0.1) is 23.5 Å². The van der Waals surface area contributed by atoms with E-state index >= 15 is 0 Å². The molecular weight excluding hydrogens is 1020 g/mol. The number of benzene rings is 4. The first kappa shape index (κ1) is 57.4. The molecule has 2 saturated heterocycles. The van der Waals surface area contributed by atoms with Gasteiger partial charge in [-0.2, -0.15) is 0 Å². The summed E-state index contributed by atoms with van der Waals surface area (Å²) in [6.07, 6.45) is 8.57. The smallest absolute Gasteiger partial charge is 0.320 e. The summed E-state index contributed by atoms with van der Waals surface area (Å²) in [5.41, 5.74) is 9.76. The van der Waals surface area contributed by atoms with Crippen LogP contribution in [0.2, 0.25) is 0 Å². The summed E-state index contributed by atoms with van der Waals surface area (Å²) >= 11 is 3.07. The zero-order valence-electron chi connectivity index (χ0n) is 44.2. The number of nitrogens with one attached hydrogen (secondary N) is 3. The fourth-order valence-electron chi connectivity index (χ4n) is 11.1. The molecule has 6 aromatic rings. The number of amides is 3. The molecule has 15 nitrogen and oxygen atoms in total. The minimum atomic E-state index is -0.817. The molecule has 4 aromatic carbocycles. The highest BCUT2D eigenvalue weighted by molar-refractivity contribution is 7.10. The number of nitrogens with two attached hydrogens (primary N) is 1. The first-order valence-corrected chi connectivity index (χ1v) is 28.7. The molecule has 77 heavy (non-hydrogen) atoms. The van der Waals surface area contributed by atoms with E-state index in [4.69, 9.17) is 20.8 Å². The van der Waals surface area contributed by atoms with E-state index < -0.39 is 30.1 Å². The van der Waals surface area contributed by atoms with Crippen molar-refractivity contribution >= 4 is 67.9 Å². The number of fused-ring (bicyclic) bond motifs is 2. The molecule has 4 aliphatic rings. The van der Waals surface area contributed by atoms with Crippen molar-refractivity contribution in [1.82, 2.24) is 35.7 Å². The number of likely N-dealkylation sites (tertiary alicyclic amines) is 2. The van der Waals surface area contributed by atoms with Crippen molar-refractivity contribution in [2.75, 3.05) is 27.2 Å². The number of hydrogen-bond donors (Lipinski definition) is 7. The first-order valence-electron chi connectivity index (χ1n) is 26.9. The number of halogens is 2. The summed E-state index contributed by atoms with van der Waals surface area (Å²) in [5, 5.41) is 45.0. The van der Waals surface area contributed by atoms with Crippen LogP contribution in [-0.4, -0.2) is 122 Å². The number of nitrogens with zero attached hydrogens (tertiary/aromatic N) is 4. The molecule has 2 aromatic heterocycles. The molecule has 0 radical (unpaired) electrons. The largest absolute Gasteiger partial charge is 0.480 e. The Bertz CT molecular complexity index is 3000. The second-order valence-corrected chi connectivity index (χ2v) is 22.6. The quantitative estimate of drug-likeness (QED) is 0.0577. The Morgan fingerprint density at radius 1 is 0.610 bits per heavy atom. The lowest BCUT2D eigenvalue weighted by molar-refractivity contribution is -0.140. The Hall–Kier alpha value is -5.80. The maximum atomic E-state index is 14.4. The van der Waals surface area contributed by atoms with Crippen LogP contribution in [0.15, 0.2) is 83.6 Å². The van der Waals surface area contributed by atoms with Crippen molar-refractivity contribution in [3.05, 3.63) is 105 Å². The number of aliphatic hydroxyl groups excluding tert-OH is 2. The highest BCUT2D eigenvalue weighted by atomic mass is 32.1. The minimum Gasteiger partial charge on any atom is -0.480 e. The summed E-state index contributed by atoms with van der Waals surface area (Å²) in [6, 6.07) is 19.1. The number of aromatic nitrogens is 2. The zero-order chi connectivity index (χ0) is 54.9. The number of aliphatic carboxylic acids is 1. The summed E-state index contributed by atoms with van der Waals surface area (Å²) < 4.78 is 28.6. The second-order valence-electron chi connectivity index (χ2n) is 20.8. The van der Waals surface area contributed by atoms with Gasteiger partial charge in [-0.3, -0.25) is 19.2 Å². The Morgan fingerprint density at radius 3 is 1.47 bits per heavy atom. The lowest BCUT2D eigenvalue weighted by Crippen LogP contribution is -2.55. The third-order valence-corrected chi connectivity index (χ3v) is 17.8. The average Bonchev–Trinajstić information content (AvgIpc) is 4.32. The van der Waals surface area contributed by atoms with E-state index in [0.717, 1.165) is 94.7 Å². The first-order chi connectivity index (χ1) is 37.1. The molecular formula is C58H72F2N8O7S2. The SMILES string of the molecule is CN[C@@H](C)C(=O)N[C@H](C(=O)N1CCC[C@H]1c1nc(-c2ccc(F)c3ccccc23)cs1)C1CCC(O)CC1.CN[C@@H](C)C(=O)O.N[C@H](C(=O)N1CCC[C@H]1c1nc(-c2ccc(F)c3ccccc23)cs1)C1CCC(O)CC1. The number of aliphatic hydroxyl groups is 2. The number of carboxylic acid groups (broad SMARTS) is 1. The number of carbonyl (C=O) groups is 4. The Morgan fingerprint density at radius 2 is 1.04 bits per heavy atom. The number of thiazole rings is 2. The van der Waals surface area contributed by atoms with E-state index in [2.05, 4.69) is 16.0 Å². The van der Waals surface area contributed by atoms with Gasteiger partial charge in [0.1, 0.15) is 33.7 Å². The van der Waals surface area contributed by atoms with E-state index in [1.165, 1.54) is 23.5 Å². The highest BCUT2D eigenvalue weighted by Gasteiger charge is 2.42. The van der Waals surface area contributed by atoms with Gasteiger partial charge in [0.25, 0.3) is 0 Å². The van der Waals surface area contributed by atoms with Crippen LogP contribution in [-0.2, 0) is 19.2 Å². The third-order valence-electron chi connectivity index (χ3n) is 15.9. The van der Waals surface area contributed by atoms with Gasteiger partial charge < -0.3 is 46.8 Å². The van der Waals surface area contributed by atoms with Crippen LogP contribution in [0.4, 0.5) is 8.78 Å². The zero-order valence-corrected chi connectivity index (χ0v) is 45.8. The molecule has 2 saturated carbocycles. The predicted molar refractivity (Wildman–Crippen MR) is 298 cm³/mol. The summed E-state index contributed by atoms with van der Waals surface area (Å²) in [6.45, 7) is 4.67. The average molecular weight is 1100 g/mol. The molecule has 3 amide bonds. The van der Waals surface area contributed by atoms with E-state index in [1.807, 2.05) is 57.0 Å². The number of rotatable bonds is 13. The molecule has 10 rings (SSSR count). The summed E-state index contributed by atoms with van der Waals surface area (Å²) in [7, 11) is 3.33. The van der Waals surface area contributed by atoms with Crippen LogP contribution in [0.25, 0.3) is 44.1 Å². The van der Waals surface area contributed by atoms with Crippen LogP contribution in [0.1, 0.15) is 113 Å². The van der Waals surface area contributed by atoms with Crippen molar-refractivity contribution in [3.63, 3.8) is 0 Å².